The van der Waals surface area contributed by atoms with Crippen molar-refractivity contribution in [2.75, 3.05) is 38.0 Å². The zero-order valence-corrected chi connectivity index (χ0v) is 16.5. The van der Waals surface area contributed by atoms with Crippen LogP contribution < -0.4 is 5.32 Å². The molecule has 0 bridgehead atoms. The molecule has 2 heterocycles. The van der Waals surface area contributed by atoms with Crippen LogP contribution in [0.1, 0.15) is 27.7 Å². The molecule has 1 saturated heterocycles. The first-order valence-corrected chi connectivity index (χ1v) is 9.79. The van der Waals surface area contributed by atoms with Gasteiger partial charge in [0.2, 0.25) is 0 Å². The van der Waals surface area contributed by atoms with Crippen LogP contribution in [0.3, 0.4) is 0 Å². The van der Waals surface area contributed by atoms with Gasteiger partial charge in [0.25, 0.3) is 0 Å². The molecule has 1 aromatic heterocycles. The van der Waals surface area contributed by atoms with Crippen LogP contribution >= 0.6 is 0 Å². The molecule has 3 rings (SSSR count). The van der Waals surface area contributed by atoms with E-state index in [2.05, 4.69) is 66.9 Å². The summed E-state index contributed by atoms with van der Waals surface area (Å²) in [5.74, 6) is 1.28. The summed E-state index contributed by atoms with van der Waals surface area (Å²) in [5, 5.41) is 4.24. The molecule has 0 atom stereocenters. The van der Waals surface area contributed by atoms with Crippen LogP contribution in [0.4, 0.5) is 10.5 Å². The van der Waals surface area contributed by atoms with Gasteiger partial charge >= 0.3 is 6.03 Å². The lowest BCUT2D eigenvalue weighted by Gasteiger charge is -2.35. The normalized spacial score (nSPS) is 16.0. The number of carbonyl (C=O) groups excluding carboxylic acids is 1. The molecule has 142 valence electrons. The van der Waals surface area contributed by atoms with Gasteiger partial charge in [0.1, 0.15) is 0 Å². The van der Waals surface area contributed by atoms with Crippen molar-refractivity contribution in [3.05, 3.63) is 30.5 Å². The number of hydrogen-bond acceptors (Lipinski definition) is 2. The number of anilines is 1. The second-order valence-electron chi connectivity index (χ2n) is 8.25. The lowest BCUT2D eigenvalue weighted by molar-refractivity contribution is 0.138. The van der Waals surface area contributed by atoms with Crippen LogP contribution in [0.5, 0.6) is 0 Å². The Bertz CT molecular complexity index is 742. The standard InChI is InChI=1S/C21H32N4O/c1-16(2)14-23-9-11-24(12-10-23)21(26)22-19-5-6-20-18(13-19)7-8-25(20)15-17(3)4/h5-8,13,16-17H,9-12,14-15H2,1-4H3,(H,22,26). The number of nitrogens with zero attached hydrogens (tertiary/aromatic N) is 3. The summed E-state index contributed by atoms with van der Waals surface area (Å²) in [6.45, 7) is 14.6. The van der Waals surface area contributed by atoms with Crippen LogP contribution in [-0.2, 0) is 6.54 Å². The molecule has 1 N–H and O–H groups in total. The van der Waals surface area contributed by atoms with Crippen molar-refractivity contribution in [3.63, 3.8) is 0 Å². The summed E-state index contributed by atoms with van der Waals surface area (Å²) in [4.78, 5) is 16.9. The predicted molar refractivity (Wildman–Crippen MR) is 109 cm³/mol. The van der Waals surface area contributed by atoms with E-state index >= 15 is 0 Å². The summed E-state index contributed by atoms with van der Waals surface area (Å²) < 4.78 is 2.28. The average Bonchev–Trinajstić information content (AvgIpc) is 2.96. The zero-order chi connectivity index (χ0) is 18.7. The van der Waals surface area contributed by atoms with Crippen molar-refractivity contribution < 1.29 is 4.79 Å². The maximum Gasteiger partial charge on any atom is 0.321 e. The van der Waals surface area contributed by atoms with E-state index in [0.29, 0.717) is 11.8 Å². The Hall–Kier alpha value is -2.01. The maximum absolute atomic E-state index is 12.6. The zero-order valence-electron chi connectivity index (χ0n) is 16.5. The molecule has 0 radical (unpaired) electrons. The van der Waals surface area contributed by atoms with Gasteiger partial charge in [-0.3, -0.25) is 4.90 Å². The quantitative estimate of drug-likeness (QED) is 0.876. The molecule has 0 unspecified atom stereocenters. The second kappa shape index (κ2) is 8.12. The van der Waals surface area contributed by atoms with Crippen molar-refractivity contribution in [1.29, 1.82) is 0 Å². The van der Waals surface area contributed by atoms with E-state index < -0.39 is 0 Å². The Morgan fingerprint density at radius 1 is 1.00 bits per heavy atom. The minimum absolute atomic E-state index is 0.00941. The van der Waals surface area contributed by atoms with E-state index in [1.54, 1.807) is 0 Å². The Balaban J connectivity index is 1.59. The van der Waals surface area contributed by atoms with Crippen molar-refractivity contribution >= 4 is 22.6 Å². The van der Waals surface area contributed by atoms with Gasteiger partial charge in [-0.1, -0.05) is 27.7 Å². The molecule has 26 heavy (non-hydrogen) atoms. The first-order valence-electron chi connectivity index (χ1n) is 9.79. The number of carbonyl (C=O) groups is 1. The monoisotopic (exact) mass is 356 g/mol. The molecule has 1 aliphatic rings. The number of nitrogens with one attached hydrogen (secondary N) is 1. The minimum atomic E-state index is 0.00941. The predicted octanol–water partition coefficient (Wildman–Crippen LogP) is 4.10. The van der Waals surface area contributed by atoms with E-state index in [1.165, 1.54) is 10.9 Å². The lowest BCUT2D eigenvalue weighted by Crippen LogP contribution is -2.50. The summed E-state index contributed by atoms with van der Waals surface area (Å²) in [7, 11) is 0. The molecule has 5 nitrogen and oxygen atoms in total. The Kier molecular flexibility index (Phi) is 5.87. The van der Waals surface area contributed by atoms with E-state index in [4.69, 9.17) is 0 Å². The highest BCUT2D eigenvalue weighted by molar-refractivity contribution is 5.93. The summed E-state index contributed by atoms with van der Waals surface area (Å²) in [5.41, 5.74) is 2.09. The third-order valence-corrected chi connectivity index (χ3v) is 4.87. The van der Waals surface area contributed by atoms with E-state index in [9.17, 15) is 4.79 Å². The number of amides is 2. The van der Waals surface area contributed by atoms with E-state index in [0.717, 1.165) is 45.0 Å². The van der Waals surface area contributed by atoms with Gasteiger partial charge < -0.3 is 14.8 Å². The Labute approximate surface area is 157 Å². The largest absolute Gasteiger partial charge is 0.347 e. The fourth-order valence-electron chi connectivity index (χ4n) is 3.68. The van der Waals surface area contributed by atoms with Gasteiger partial charge in [-0.2, -0.15) is 0 Å². The van der Waals surface area contributed by atoms with Gasteiger partial charge in [0, 0.05) is 62.1 Å². The van der Waals surface area contributed by atoms with Crippen LogP contribution in [-0.4, -0.2) is 53.1 Å². The molecule has 1 fully saturated rings. The highest BCUT2D eigenvalue weighted by Gasteiger charge is 2.21. The fraction of sp³-hybridized carbons (Fsp3) is 0.571. The van der Waals surface area contributed by atoms with Crippen molar-refractivity contribution in [1.82, 2.24) is 14.4 Å². The highest BCUT2D eigenvalue weighted by atomic mass is 16.2. The summed E-state index contributed by atoms with van der Waals surface area (Å²) >= 11 is 0. The maximum atomic E-state index is 12.6. The number of aromatic nitrogens is 1. The fourth-order valence-corrected chi connectivity index (χ4v) is 3.68. The molecule has 0 aliphatic carbocycles. The summed E-state index contributed by atoms with van der Waals surface area (Å²) in [6, 6.07) is 8.31. The Morgan fingerprint density at radius 3 is 2.35 bits per heavy atom. The van der Waals surface area contributed by atoms with Gasteiger partial charge in [0.15, 0.2) is 0 Å². The van der Waals surface area contributed by atoms with Crippen LogP contribution in [0.15, 0.2) is 30.5 Å². The minimum Gasteiger partial charge on any atom is -0.347 e. The molecular formula is C21H32N4O. The van der Waals surface area contributed by atoms with Crippen molar-refractivity contribution in [3.8, 4) is 0 Å². The lowest BCUT2D eigenvalue weighted by atomic mass is 10.2. The molecule has 1 aliphatic heterocycles. The van der Waals surface area contributed by atoms with Crippen molar-refractivity contribution in [2.45, 2.75) is 34.2 Å². The molecule has 1 aromatic carbocycles. The van der Waals surface area contributed by atoms with Gasteiger partial charge in [-0.05, 0) is 36.1 Å². The third-order valence-electron chi connectivity index (χ3n) is 4.87. The number of rotatable bonds is 5. The smallest absolute Gasteiger partial charge is 0.321 e. The van der Waals surface area contributed by atoms with Gasteiger partial charge in [-0.25, -0.2) is 4.79 Å². The topological polar surface area (TPSA) is 40.5 Å². The molecular weight excluding hydrogens is 324 g/mol. The molecule has 2 amide bonds. The van der Waals surface area contributed by atoms with Crippen molar-refractivity contribution in [2.24, 2.45) is 11.8 Å². The van der Waals surface area contributed by atoms with E-state index in [-0.39, 0.29) is 6.03 Å². The third kappa shape index (κ3) is 4.58. The molecule has 0 saturated carbocycles. The van der Waals surface area contributed by atoms with Gasteiger partial charge in [-0.15, -0.1) is 0 Å². The van der Waals surface area contributed by atoms with Crippen LogP contribution in [0.25, 0.3) is 10.9 Å². The average molecular weight is 357 g/mol. The first-order chi connectivity index (χ1) is 12.4. The van der Waals surface area contributed by atoms with E-state index in [1.807, 2.05) is 11.0 Å². The number of urea groups is 1. The van der Waals surface area contributed by atoms with Gasteiger partial charge in [0.05, 0.1) is 0 Å². The summed E-state index contributed by atoms with van der Waals surface area (Å²) in [6.07, 6.45) is 2.13. The number of hydrogen-bond donors (Lipinski definition) is 1. The highest BCUT2D eigenvalue weighted by Crippen LogP contribution is 2.22. The first kappa shape index (κ1) is 18.8. The molecule has 0 spiro atoms. The molecule has 5 heteroatoms. The number of benzene rings is 1. The van der Waals surface area contributed by atoms with Crippen LogP contribution in [0, 0.1) is 11.8 Å². The number of piperazine rings is 1. The number of fused-ring (bicyclic) bond motifs is 1. The molecule has 2 aromatic rings. The Morgan fingerprint density at radius 2 is 1.69 bits per heavy atom. The second-order valence-corrected chi connectivity index (χ2v) is 8.25. The SMILES string of the molecule is CC(C)CN1CCN(C(=O)Nc2ccc3c(ccn3CC(C)C)c2)CC1. The van der Waals surface area contributed by atoms with Crippen LogP contribution in [0.2, 0.25) is 0 Å².